The van der Waals surface area contributed by atoms with E-state index in [9.17, 15) is 9.13 Å². The van der Waals surface area contributed by atoms with Crippen LogP contribution in [0.15, 0.2) is 24.3 Å². The van der Waals surface area contributed by atoms with Crippen LogP contribution in [0, 0.1) is 0 Å². The highest BCUT2D eigenvalue weighted by molar-refractivity contribution is 7.70. The molecule has 0 aliphatic rings. The van der Waals surface area contributed by atoms with Crippen molar-refractivity contribution >= 4 is 15.2 Å². The van der Waals surface area contributed by atoms with Crippen molar-refractivity contribution in [2.24, 2.45) is 0 Å². The van der Waals surface area contributed by atoms with Crippen LogP contribution in [0.5, 0.6) is 5.75 Å². The lowest BCUT2D eigenvalue weighted by molar-refractivity contribution is 0.273. The molecule has 0 saturated carbocycles. The average molecular weight is 312 g/mol. The molecule has 1 aromatic carbocycles. The number of rotatable bonds is 6. The average Bonchev–Trinajstić information content (AvgIpc) is 2.26. The quantitative estimate of drug-likeness (QED) is 0.470. The largest absolute Gasteiger partial charge is 0.492 e. The highest BCUT2D eigenvalue weighted by atomic mass is 31.2. The second kappa shape index (κ2) is 6.15. The minimum Gasteiger partial charge on any atom is -0.492 e. The summed E-state index contributed by atoms with van der Waals surface area (Å²) in [6.07, 6.45) is 0. The molecule has 19 heavy (non-hydrogen) atoms. The first-order valence-electron chi connectivity index (χ1n) is 5.07. The third kappa shape index (κ3) is 5.04. The van der Waals surface area contributed by atoms with Gasteiger partial charge in [0.1, 0.15) is 12.4 Å². The second-order valence-corrected chi connectivity index (χ2v) is 7.79. The fraction of sp³-hybridized carbons (Fsp3) is 0.333. The van der Waals surface area contributed by atoms with Crippen LogP contribution >= 0.6 is 15.2 Å². The van der Waals surface area contributed by atoms with Gasteiger partial charge in [0, 0.05) is 0 Å². The number of benzene rings is 1. The third-order valence-electron chi connectivity index (χ3n) is 2.26. The molecule has 1 rings (SSSR count). The maximum atomic E-state index is 11.0. The Morgan fingerprint density at radius 3 is 2.16 bits per heavy atom. The van der Waals surface area contributed by atoms with Crippen molar-refractivity contribution in [3.8, 4) is 5.75 Å². The second-order valence-electron chi connectivity index (χ2n) is 3.78. The summed E-state index contributed by atoms with van der Waals surface area (Å²) in [7, 11) is -9.98. The predicted octanol–water partition coefficient (Wildman–Crippen LogP) is 0.239. The molecule has 0 unspecified atom stereocenters. The van der Waals surface area contributed by atoms with E-state index in [4.69, 9.17) is 29.4 Å². The van der Waals surface area contributed by atoms with E-state index < -0.39 is 27.2 Å². The normalized spacial score (nSPS) is 12.7. The summed E-state index contributed by atoms with van der Waals surface area (Å²) >= 11 is 0. The van der Waals surface area contributed by atoms with Crippen molar-refractivity contribution in [1.82, 2.24) is 0 Å². The first-order valence-corrected chi connectivity index (χ1v) is 8.44. The molecular formula is C9H14O8P2. The van der Waals surface area contributed by atoms with Crippen LogP contribution in [0.1, 0.15) is 5.56 Å². The van der Waals surface area contributed by atoms with Crippen molar-refractivity contribution in [2.45, 2.75) is 12.0 Å². The van der Waals surface area contributed by atoms with E-state index in [0.29, 0.717) is 5.56 Å². The van der Waals surface area contributed by atoms with Crippen LogP contribution in [-0.4, -0.2) is 36.7 Å². The molecule has 0 amide bonds. The monoisotopic (exact) mass is 312 g/mol. The number of aliphatic hydroxyl groups is 1. The number of hydrogen-bond donors (Lipinski definition) is 5. The molecule has 0 spiro atoms. The van der Waals surface area contributed by atoms with E-state index in [1.807, 2.05) is 0 Å². The van der Waals surface area contributed by atoms with Gasteiger partial charge < -0.3 is 29.4 Å². The summed E-state index contributed by atoms with van der Waals surface area (Å²) < 4.78 is 27.0. The Bertz CT molecular complexity index is 497. The van der Waals surface area contributed by atoms with Crippen LogP contribution < -0.4 is 4.74 Å². The molecule has 5 N–H and O–H groups in total. The lowest BCUT2D eigenvalue weighted by Crippen LogP contribution is -2.18. The van der Waals surface area contributed by atoms with Crippen molar-refractivity contribution in [3.63, 3.8) is 0 Å². The van der Waals surface area contributed by atoms with Crippen LogP contribution in [0.4, 0.5) is 0 Å². The molecule has 0 fully saturated rings. The van der Waals surface area contributed by atoms with Crippen molar-refractivity contribution < 1.29 is 38.5 Å². The Morgan fingerprint density at radius 1 is 1.11 bits per heavy atom. The summed E-state index contributed by atoms with van der Waals surface area (Å²) in [4.78, 5) is 35.6. The molecular weight excluding hydrogens is 298 g/mol. The van der Waals surface area contributed by atoms with E-state index in [2.05, 4.69) is 0 Å². The van der Waals surface area contributed by atoms with Gasteiger partial charge in [0.05, 0.1) is 6.61 Å². The molecule has 0 radical (unpaired) electrons. The van der Waals surface area contributed by atoms with Gasteiger partial charge in [-0.3, -0.25) is 9.13 Å². The molecule has 0 heterocycles. The molecule has 0 aliphatic heterocycles. The zero-order valence-corrected chi connectivity index (χ0v) is 11.4. The zero-order valence-electron chi connectivity index (χ0n) is 9.66. The smallest absolute Gasteiger partial charge is 0.344 e. The Hall–Kier alpha value is -0.720. The lowest BCUT2D eigenvalue weighted by Gasteiger charge is -2.19. The molecule has 8 nitrogen and oxygen atoms in total. The predicted molar refractivity (Wildman–Crippen MR) is 65.7 cm³/mol. The van der Waals surface area contributed by atoms with Gasteiger partial charge >= 0.3 is 15.2 Å². The van der Waals surface area contributed by atoms with E-state index in [1.165, 1.54) is 18.2 Å². The Balaban J connectivity index is 2.83. The molecule has 1 aromatic rings. The summed E-state index contributed by atoms with van der Waals surface area (Å²) in [6, 6.07) is 5.97. The van der Waals surface area contributed by atoms with Gasteiger partial charge in [0.2, 0.25) is 0 Å². The molecule has 0 atom stereocenters. The van der Waals surface area contributed by atoms with Gasteiger partial charge in [-0.2, -0.15) is 0 Å². The van der Waals surface area contributed by atoms with E-state index in [-0.39, 0.29) is 12.4 Å². The fourth-order valence-electron chi connectivity index (χ4n) is 1.29. The van der Waals surface area contributed by atoms with Gasteiger partial charge in [-0.1, -0.05) is 12.1 Å². The number of aliphatic hydroxyl groups excluding tert-OH is 1. The Morgan fingerprint density at radius 2 is 1.68 bits per heavy atom. The molecule has 0 saturated heterocycles. The molecule has 10 heteroatoms. The SMILES string of the molecule is O=P(O)(O)C(COc1cccc(CO)c1)P(=O)(O)O. The summed E-state index contributed by atoms with van der Waals surface area (Å²) in [5.74, 6) is 0.151. The van der Waals surface area contributed by atoms with Crippen LogP contribution in [0.25, 0.3) is 0 Å². The van der Waals surface area contributed by atoms with Crippen LogP contribution in [0.2, 0.25) is 0 Å². The third-order valence-corrected chi connectivity index (χ3v) is 5.91. The maximum absolute atomic E-state index is 11.0. The van der Waals surface area contributed by atoms with Gasteiger partial charge in [0.15, 0.2) is 5.40 Å². The number of hydrogen-bond acceptors (Lipinski definition) is 4. The van der Waals surface area contributed by atoms with Crippen molar-refractivity contribution in [1.29, 1.82) is 0 Å². The molecule has 0 aliphatic carbocycles. The van der Waals surface area contributed by atoms with Crippen molar-refractivity contribution in [2.75, 3.05) is 6.61 Å². The highest BCUT2D eigenvalue weighted by Crippen LogP contribution is 2.59. The van der Waals surface area contributed by atoms with Gasteiger partial charge in [-0.25, -0.2) is 0 Å². The first-order chi connectivity index (χ1) is 8.64. The Labute approximate surface area is 109 Å². The summed E-state index contributed by atoms with van der Waals surface area (Å²) in [6.45, 7) is -1.08. The van der Waals surface area contributed by atoms with Crippen LogP contribution in [-0.2, 0) is 15.7 Å². The van der Waals surface area contributed by atoms with E-state index in [0.717, 1.165) is 0 Å². The number of ether oxygens (including phenoxy) is 1. The molecule has 0 aromatic heterocycles. The minimum absolute atomic E-state index is 0.151. The molecule has 0 bridgehead atoms. The van der Waals surface area contributed by atoms with Crippen LogP contribution in [0.3, 0.4) is 0 Å². The molecule has 108 valence electrons. The standard InChI is InChI=1S/C9H14O8P2/c10-5-7-2-1-3-8(4-7)17-6-9(18(11,12)13)19(14,15)16/h1-4,9-10H,5-6H2,(H2,11,12,13)(H2,14,15,16). The lowest BCUT2D eigenvalue weighted by atomic mass is 10.2. The van der Waals surface area contributed by atoms with E-state index >= 15 is 0 Å². The first kappa shape index (κ1) is 16.3. The Kier molecular flexibility index (Phi) is 5.29. The van der Waals surface area contributed by atoms with Gasteiger partial charge in [0.25, 0.3) is 0 Å². The van der Waals surface area contributed by atoms with E-state index in [1.54, 1.807) is 6.07 Å². The summed E-state index contributed by atoms with van der Waals surface area (Å²) in [5, 5.41) is 6.68. The minimum atomic E-state index is -4.99. The highest BCUT2D eigenvalue weighted by Gasteiger charge is 2.44. The summed E-state index contributed by atoms with van der Waals surface area (Å²) in [5.41, 5.74) is 0.501. The maximum Gasteiger partial charge on any atom is 0.344 e. The van der Waals surface area contributed by atoms with Gasteiger partial charge in [-0.05, 0) is 17.7 Å². The van der Waals surface area contributed by atoms with Crippen molar-refractivity contribution in [3.05, 3.63) is 29.8 Å². The zero-order chi connectivity index (χ0) is 14.7. The topological polar surface area (TPSA) is 145 Å². The fourth-order valence-corrected chi connectivity index (χ4v) is 3.40. The van der Waals surface area contributed by atoms with Gasteiger partial charge in [-0.15, -0.1) is 0 Å².